The Kier molecular flexibility index (Phi) is 12.8. The number of fused-ring (bicyclic) bond motifs is 1. The van der Waals surface area contributed by atoms with Crippen LogP contribution in [0.5, 0.6) is 5.75 Å². The number of anilines is 2. The van der Waals surface area contributed by atoms with Crippen LogP contribution in [0.25, 0.3) is 17.2 Å². The molecular formula is C39H44ClN3O4S. The molecule has 0 bridgehead atoms. The molecular weight excluding hydrogens is 642 g/mol. The van der Waals surface area contributed by atoms with Crippen molar-refractivity contribution < 1.29 is 18.5 Å². The molecule has 5 rings (SSSR count). The quantitative estimate of drug-likeness (QED) is 0.0995. The zero-order valence-electron chi connectivity index (χ0n) is 27.9. The van der Waals surface area contributed by atoms with E-state index in [0.717, 1.165) is 60.7 Å². The van der Waals surface area contributed by atoms with Crippen molar-refractivity contribution >= 4 is 45.8 Å². The first-order valence-electron chi connectivity index (χ1n) is 16.6. The first kappa shape index (κ1) is 35.3. The van der Waals surface area contributed by atoms with Crippen molar-refractivity contribution in [2.24, 2.45) is 5.92 Å². The third kappa shape index (κ3) is 10.0. The Balaban J connectivity index is 1.28. The Morgan fingerprint density at radius 3 is 2.48 bits per heavy atom. The third-order valence-corrected chi connectivity index (χ3v) is 9.55. The van der Waals surface area contributed by atoms with Crippen molar-refractivity contribution in [2.45, 2.75) is 50.7 Å². The van der Waals surface area contributed by atoms with Crippen LogP contribution in [0, 0.1) is 5.92 Å². The van der Waals surface area contributed by atoms with Crippen LogP contribution in [-0.4, -0.2) is 48.0 Å². The maximum absolute atomic E-state index is 13.6. The lowest BCUT2D eigenvalue weighted by molar-refractivity contribution is -0.112. The van der Waals surface area contributed by atoms with Crippen LogP contribution in [0.3, 0.4) is 0 Å². The van der Waals surface area contributed by atoms with Gasteiger partial charge in [-0.05, 0) is 102 Å². The molecule has 1 atom stereocenters. The highest BCUT2D eigenvalue weighted by molar-refractivity contribution is 7.84. The predicted octanol–water partition coefficient (Wildman–Crippen LogP) is 8.79. The van der Waals surface area contributed by atoms with Gasteiger partial charge >= 0.3 is 0 Å². The third-order valence-electron chi connectivity index (χ3n) is 7.98. The fourth-order valence-electron chi connectivity index (χ4n) is 5.54. The number of nitrogens with zero attached hydrogens (tertiary/aromatic N) is 2. The molecule has 7 nitrogen and oxygen atoms in total. The topological polar surface area (TPSA) is 80.8 Å². The van der Waals surface area contributed by atoms with E-state index in [-0.39, 0.29) is 11.7 Å². The number of ether oxygens (including phenoxy) is 2. The van der Waals surface area contributed by atoms with Gasteiger partial charge in [0.1, 0.15) is 17.5 Å². The van der Waals surface area contributed by atoms with E-state index >= 15 is 0 Å². The first-order chi connectivity index (χ1) is 23.3. The van der Waals surface area contributed by atoms with Crippen LogP contribution in [0.1, 0.15) is 51.3 Å². The smallest absolute Gasteiger partial charge is 0.251 e. The van der Waals surface area contributed by atoms with E-state index in [1.807, 2.05) is 18.2 Å². The van der Waals surface area contributed by atoms with Gasteiger partial charge in [-0.3, -0.25) is 9.00 Å². The van der Waals surface area contributed by atoms with Gasteiger partial charge in [0.15, 0.2) is 0 Å². The summed E-state index contributed by atoms with van der Waals surface area (Å²) in [5, 5.41) is 3.43. The summed E-state index contributed by atoms with van der Waals surface area (Å²) in [5.74, 6) is 1.40. The number of unbranched alkanes of at least 4 members (excludes halogenated alkanes) is 1. The molecule has 252 valence electrons. The lowest BCUT2D eigenvalue weighted by atomic mass is 10.00. The number of hydrogen-bond acceptors (Lipinski definition) is 6. The Labute approximate surface area is 291 Å². The number of carbonyl (C=O) groups excluding carboxylic acids is 1. The summed E-state index contributed by atoms with van der Waals surface area (Å²) in [5.41, 5.74) is 6.31. The lowest BCUT2D eigenvalue weighted by Crippen LogP contribution is -2.29. The van der Waals surface area contributed by atoms with Crippen LogP contribution in [0.2, 0.25) is 5.15 Å². The summed E-state index contributed by atoms with van der Waals surface area (Å²) >= 11 is 5.98. The van der Waals surface area contributed by atoms with E-state index in [1.54, 1.807) is 42.5 Å². The number of halogens is 1. The normalized spacial score (nSPS) is 13.4. The largest absolute Gasteiger partial charge is 0.491 e. The monoisotopic (exact) mass is 685 g/mol. The number of amides is 1. The van der Waals surface area contributed by atoms with E-state index in [0.29, 0.717) is 52.6 Å². The number of hydrogen-bond donors (Lipinski definition) is 1. The summed E-state index contributed by atoms with van der Waals surface area (Å²) in [7, 11) is -1.29. The highest BCUT2D eigenvalue weighted by Gasteiger charge is 2.21. The summed E-state index contributed by atoms with van der Waals surface area (Å²) in [6.07, 6.45) is 4.82. The Bertz CT molecular complexity index is 1720. The van der Waals surface area contributed by atoms with Crippen LogP contribution in [-0.2, 0) is 26.1 Å². The zero-order chi connectivity index (χ0) is 33.9. The highest BCUT2D eigenvalue weighted by atomic mass is 35.5. The zero-order valence-corrected chi connectivity index (χ0v) is 29.5. The van der Waals surface area contributed by atoms with Crippen LogP contribution < -0.4 is 15.0 Å². The number of rotatable bonds is 15. The molecule has 1 N–H and O–H groups in total. The van der Waals surface area contributed by atoms with Crippen molar-refractivity contribution in [3.05, 3.63) is 107 Å². The maximum Gasteiger partial charge on any atom is 0.251 e. The first-order valence-corrected chi connectivity index (χ1v) is 18.3. The Morgan fingerprint density at radius 1 is 0.979 bits per heavy atom. The van der Waals surface area contributed by atoms with Gasteiger partial charge in [0.05, 0.1) is 28.9 Å². The molecule has 1 amide bonds. The van der Waals surface area contributed by atoms with Crippen molar-refractivity contribution in [1.82, 2.24) is 4.98 Å². The second-order valence-corrected chi connectivity index (χ2v) is 14.1. The number of nitrogens with one attached hydrogen (secondary N) is 1. The molecule has 3 aromatic carbocycles. The molecule has 0 saturated carbocycles. The van der Waals surface area contributed by atoms with E-state index in [1.165, 1.54) is 0 Å². The molecule has 1 unspecified atom stereocenters. The SMILES string of the molecule is CCCCOCCOc1ccc(-c2ccc3c(c2)C=C(C(=O)Nc2ccc(S(=O)Cc4cccc(Cl)n4)cc2)CCN3CC(C)C)cc1. The highest BCUT2D eigenvalue weighted by Crippen LogP contribution is 2.34. The van der Waals surface area contributed by atoms with Crippen molar-refractivity contribution in [3.63, 3.8) is 0 Å². The standard InChI is InChI=1S/C39H44ClN3O4S/c1-4-5-21-46-22-23-47-35-14-9-29(10-15-35)30-11-18-37-32(24-30)25-31(19-20-43(37)26-28(2)3)39(44)42-33-12-16-36(17-13-33)48(45)27-34-7-6-8-38(40)41-34/h6-18,24-25,28H,4-5,19-23,26-27H2,1-3H3,(H,42,44). The summed E-state index contributed by atoms with van der Waals surface area (Å²) in [4.78, 5) is 20.9. The molecule has 1 aliphatic heterocycles. The number of carbonyl (C=O) groups is 1. The Hall–Kier alpha value is -3.98. The number of aromatic nitrogens is 1. The van der Waals surface area contributed by atoms with E-state index in [2.05, 4.69) is 66.3 Å². The van der Waals surface area contributed by atoms with Crippen molar-refractivity contribution in [1.29, 1.82) is 0 Å². The molecule has 1 aromatic heterocycles. The molecule has 0 aliphatic carbocycles. The van der Waals surface area contributed by atoms with Gasteiger partial charge < -0.3 is 19.7 Å². The molecule has 4 aromatic rings. The van der Waals surface area contributed by atoms with Gasteiger partial charge in [0, 0.05) is 41.5 Å². The average Bonchev–Trinajstić information content (AvgIpc) is 3.25. The summed E-state index contributed by atoms with van der Waals surface area (Å²) in [6, 6.07) is 27.0. The van der Waals surface area contributed by atoms with Crippen molar-refractivity contribution in [3.8, 4) is 16.9 Å². The van der Waals surface area contributed by atoms with Gasteiger partial charge in [-0.2, -0.15) is 0 Å². The van der Waals surface area contributed by atoms with Gasteiger partial charge in [0.2, 0.25) is 0 Å². The molecule has 48 heavy (non-hydrogen) atoms. The van der Waals surface area contributed by atoms with Gasteiger partial charge in [-0.15, -0.1) is 0 Å². The predicted molar refractivity (Wildman–Crippen MR) is 197 cm³/mol. The second kappa shape index (κ2) is 17.4. The minimum atomic E-state index is -1.29. The van der Waals surface area contributed by atoms with Gasteiger partial charge in [-0.1, -0.05) is 63.1 Å². The number of benzene rings is 3. The molecule has 2 heterocycles. The Morgan fingerprint density at radius 2 is 1.75 bits per heavy atom. The molecule has 0 spiro atoms. The van der Waals surface area contributed by atoms with E-state index in [4.69, 9.17) is 21.1 Å². The van der Waals surface area contributed by atoms with E-state index in [9.17, 15) is 9.00 Å². The second-order valence-electron chi connectivity index (χ2n) is 12.3. The lowest BCUT2D eigenvalue weighted by Gasteiger charge is -2.27. The summed E-state index contributed by atoms with van der Waals surface area (Å²) in [6.45, 7) is 10.1. The molecule has 0 radical (unpaired) electrons. The van der Waals surface area contributed by atoms with Crippen LogP contribution >= 0.6 is 11.6 Å². The van der Waals surface area contributed by atoms with Gasteiger partial charge in [-0.25, -0.2) is 4.98 Å². The molecule has 1 aliphatic rings. The molecule has 0 fully saturated rings. The van der Waals surface area contributed by atoms with Crippen LogP contribution in [0.4, 0.5) is 11.4 Å². The number of pyridine rings is 1. The molecule has 0 saturated heterocycles. The summed E-state index contributed by atoms with van der Waals surface area (Å²) < 4.78 is 24.4. The van der Waals surface area contributed by atoms with Crippen LogP contribution in [0.15, 0.2) is 95.4 Å². The van der Waals surface area contributed by atoms with Crippen molar-refractivity contribution in [2.75, 3.05) is 43.1 Å². The molecule has 9 heteroatoms. The average molecular weight is 686 g/mol. The fourth-order valence-corrected chi connectivity index (χ4v) is 6.76. The fraction of sp³-hybridized carbons (Fsp3) is 0.333. The van der Waals surface area contributed by atoms with E-state index < -0.39 is 10.8 Å². The minimum Gasteiger partial charge on any atom is -0.491 e. The maximum atomic E-state index is 13.6. The minimum absolute atomic E-state index is 0.144. The van der Waals surface area contributed by atoms with Gasteiger partial charge in [0.25, 0.3) is 5.91 Å².